The van der Waals surface area contributed by atoms with Crippen LogP contribution < -0.4 is 4.90 Å². The summed E-state index contributed by atoms with van der Waals surface area (Å²) in [4.78, 5) is 2.46. The van der Waals surface area contributed by atoms with E-state index in [0.29, 0.717) is 0 Å². The maximum Gasteiger partial charge on any atom is 0.142 e. The topological polar surface area (TPSA) is 16.4 Å². The van der Waals surface area contributed by atoms with E-state index in [2.05, 4.69) is 195 Å². The maximum atomic E-state index is 6.95. The highest BCUT2D eigenvalue weighted by molar-refractivity contribution is 6.26. The number of anilines is 3. The van der Waals surface area contributed by atoms with Gasteiger partial charge in [0, 0.05) is 27.7 Å². The van der Waals surface area contributed by atoms with Gasteiger partial charge in [-0.2, -0.15) is 0 Å². The van der Waals surface area contributed by atoms with Gasteiger partial charge in [-0.3, -0.25) is 0 Å². The molecule has 0 saturated heterocycles. The normalized spacial score (nSPS) is 13.2. The van der Waals surface area contributed by atoms with Gasteiger partial charge in [-0.25, -0.2) is 0 Å². The summed E-state index contributed by atoms with van der Waals surface area (Å²) in [6.07, 6.45) is 0. The Hall–Kier alpha value is -6.64. The summed E-state index contributed by atoms with van der Waals surface area (Å²) in [5.74, 6) is 0. The number of fused-ring (bicyclic) bond motifs is 13. The molecule has 0 atom stereocenters. The molecule has 250 valence electrons. The van der Waals surface area contributed by atoms with Gasteiger partial charge in [0.25, 0.3) is 0 Å². The van der Waals surface area contributed by atoms with Crippen molar-refractivity contribution in [3.8, 4) is 22.3 Å². The molecule has 1 heterocycles. The molecule has 0 unspecified atom stereocenters. The molecule has 53 heavy (non-hydrogen) atoms. The van der Waals surface area contributed by atoms with Crippen molar-refractivity contribution < 1.29 is 4.42 Å². The molecule has 0 bridgehead atoms. The lowest BCUT2D eigenvalue weighted by Crippen LogP contribution is -2.16. The molecule has 0 fully saturated rings. The van der Waals surface area contributed by atoms with E-state index in [1.165, 1.54) is 65.7 Å². The third-order valence-corrected chi connectivity index (χ3v) is 11.6. The largest absolute Gasteiger partial charge is 0.456 e. The monoisotopic (exact) mass is 677 g/mol. The van der Waals surface area contributed by atoms with E-state index in [1.807, 2.05) is 0 Å². The van der Waals surface area contributed by atoms with E-state index in [0.717, 1.165) is 39.0 Å². The third-order valence-electron chi connectivity index (χ3n) is 11.6. The second-order valence-electron chi connectivity index (χ2n) is 14.9. The predicted molar refractivity (Wildman–Crippen MR) is 224 cm³/mol. The highest BCUT2D eigenvalue weighted by Gasteiger charge is 2.40. The number of furan rings is 1. The van der Waals surface area contributed by atoms with Crippen LogP contribution in [0.5, 0.6) is 0 Å². The highest BCUT2D eigenvalue weighted by Crippen LogP contribution is 2.56. The number of hydrogen-bond donors (Lipinski definition) is 0. The number of nitrogens with zero attached hydrogens (tertiary/aromatic N) is 1. The molecule has 1 aliphatic carbocycles. The first-order chi connectivity index (χ1) is 26.1. The van der Waals surface area contributed by atoms with Gasteiger partial charge in [0.2, 0.25) is 0 Å². The molecule has 11 rings (SSSR count). The van der Waals surface area contributed by atoms with Crippen molar-refractivity contribution >= 4 is 71.3 Å². The van der Waals surface area contributed by atoms with E-state index >= 15 is 0 Å². The van der Waals surface area contributed by atoms with Crippen LogP contribution in [0.3, 0.4) is 0 Å². The van der Waals surface area contributed by atoms with Crippen LogP contribution in [0, 0.1) is 0 Å². The summed E-state index contributed by atoms with van der Waals surface area (Å²) in [6, 6.07) is 64.1. The summed E-state index contributed by atoms with van der Waals surface area (Å²) in [6.45, 7) is 4.67. The van der Waals surface area contributed by atoms with E-state index in [1.54, 1.807) is 0 Å². The van der Waals surface area contributed by atoms with Gasteiger partial charge in [0.1, 0.15) is 11.2 Å². The van der Waals surface area contributed by atoms with Gasteiger partial charge < -0.3 is 9.32 Å². The molecule has 0 aliphatic heterocycles. The molecule has 2 nitrogen and oxygen atoms in total. The molecule has 10 aromatic rings. The van der Waals surface area contributed by atoms with Crippen molar-refractivity contribution in [3.05, 3.63) is 187 Å². The zero-order valence-corrected chi connectivity index (χ0v) is 29.6. The van der Waals surface area contributed by atoms with Crippen molar-refractivity contribution in [3.63, 3.8) is 0 Å². The van der Waals surface area contributed by atoms with Crippen LogP contribution in [0.2, 0.25) is 0 Å². The fourth-order valence-corrected chi connectivity index (χ4v) is 9.18. The summed E-state index contributed by atoms with van der Waals surface area (Å²) in [5, 5.41) is 9.83. The van der Waals surface area contributed by atoms with Crippen molar-refractivity contribution in [2.24, 2.45) is 0 Å². The first-order valence-corrected chi connectivity index (χ1v) is 18.4. The number of para-hydroxylation sites is 1. The Labute approximate surface area is 308 Å². The Morgan fingerprint density at radius 2 is 0.981 bits per heavy atom. The van der Waals surface area contributed by atoms with Crippen LogP contribution in [0.1, 0.15) is 25.0 Å². The van der Waals surface area contributed by atoms with Crippen LogP contribution in [-0.4, -0.2) is 0 Å². The van der Waals surface area contributed by atoms with Crippen LogP contribution in [-0.2, 0) is 5.41 Å². The van der Waals surface area contributed by atoms with Crippen LogP contribution in [0.15, 0.2) is 180 Å². The molecule has 0 N–H and O–H groups in total. The second kappa shape index (κ2) is 11.2. The SMILES string of the molecule is CC1(C)c2ccccc2-c2cc(N(c3ccc(-c4ccccc4)cc3)c3ccc4c5ccccc5c5ccccc5c4c3)c3c(oc4ccccc43)c21. The predicted octanol–water partition coefficient (Wildman–Crippen LogP) is 14.5. The van der Waals surface area contributed by atoms with Gasteiger partial charge >= 0.3 is 0 Å². The first-order valence-electron chi connectivity index (χ1n) is 18.4. The summed E-state index contributed by atoms with van der Waals surface area (Å²) < 4.78 is 6.95. The Morgan fingerprint density at radius 3 is 1.70 bits per heavy atom. The van der Waals surface area contributed by atoms with Gasteiger partial charge in [0.15, 0.2) is 0 Å². The van der Waals surface area contributed by atoms with E-state index in [-0.39, 0.29) is 5.41 Å². The zero-order valence-electron chi connectivity index (χ0n) is 29.6. The Kier molecular flexibility index (Phi) is 6.33. The fourth-order valence-electron chi connectivity index (χ4n) is 9.18. The second-order valence-corrected chi connectivity index (χ2v) is 14.9. The molecule has 0 radical (unpaired) electrons. The van der Waals surface area contributed by atoms with Gasteiger partial charge in [0.05, 0.1) is 11.1 Å². The minimum Gasteiger partial charge on any atom is -0.456 e. The van der Waals surface area contributed by atoms with Crippen LogP contribution in [0.25, 0.3) is 76.5 Å². The van der Waals surface area contributed by atoms with Gasteiger partial charge in [-0.15, -0.1) is 0 Å². The van der Waals surface area contributed by atoms with Gasteiger partial charge in [-0.1, -0.05) is 153 Å². The molecule has 2 heteroatoms. The Bertz CT molecular complexity index is 3040. The summed E-state index contributed by atoms with van der Waals surface area (Å²) >= 11 is 0. The maximum absolute atomic E-state index is 6.95. The van der Waals surface area contributed by atoms with Crippen molar-refractivity contribution in [1.82, 2.24) is 0 Å². The number of rotatable bonds is 4. The van der Waals surface area contributed by atoms with Crippen molar-refractivity contribution in [1.29, 1.82) is 0 Å². The number of benzene rings is 9. The molecule has 0 amide bonds. The molecule has 0 saturated carbocycles. The quantitative estimate of drug-likeness (QED) is 0.172. The van der Waals surface area contributed by atoms with Crippen LogP contribution >= 0.6 is 0 Å². The molecule has 1 aromatic heterocycles. The molecule has 9 aromatic carbocycles. The standard InChI is InChI=1S/C51H35NO/c1-51(2)45-22-12-10-20-41(45)44-31-46(48-42-21-11-13-23-47(42)53-50(48)49(44)51)52(34-26-24-33(25-27-34)32-14-4-3-5-15-32)35-28-29-40-38-18-7-6-16-36(38)37-17-8-9-19-39(37)43(40)30-35/h3-31H,1-2H3. The van der Waals surface area contributed by atoms with Crippen molar-refractivity contribution in [2.75, 3.05) is 4.90 Å². The smallest absolute Gasteiger partial charge is 0.142 e. The van der Waals surface area contributed by atoms with Gasteiger partial charge in [-0.05, 0) is 96.5 Å². The Balaban J connectivity index is 1.25. The van der Waals surface area contributed by atoms with E-state index < -0.39 is 0 Å². The lowest BCUT2D eigenvalue weighted by Gasteiger charge is -2.29. The molecule has 1 aliphatic rings. The van der Waals surface area contributed by atoms with E-state index in [4.69, 9.17) is 4.42 Å². The number of hydrogen-bond acceptors (Lipinski definition) is 2. The minimum atomic E-state index is -0.221. The average Bonchev–Trinajstić information content (AvgIpc) is 3.71. The third kappa shape index (κ3) is 4.33. The first kappa shape index (κ1) is 30.0. The van der Waals surface area contributed by atoms with Crippen LogP contribution in [0.4, 0.5) is 17.1 Å². The van der Waals surface area contributed by atoms with E-state index in [9.17, 15) is 0 Å². The average molecular weight is 678 g/mol. The minimum absolute atomic E-state index is 0.221. The summed E-state index contributed by atoms with van der Waals surface area (Å²) in [5.41, 5.74) is 12.4. The molecule has 0 spiro atoms. The zero-order chi connectivity index (χ0) is 35.3. The fraction of sp³-hybridized carbons (Fsp3) is 0.0588. The highest BCUT2D eigenvalue weighted by atomic mass is 16.3. The molecular formula is C51H35NO. The Morgan fingerprint density at radius 1 is 0.434 bits per heavy atom. The lowest BCUT2D eigenvalue weighted by molar-refractivity contribution is 0.620. The van der Waals surface area contributed by atoms with Crippen molar-refractivity contribution in [2.45, 2.75) is 19.3 Å². The lowest BCUT2D eigenvalue weighted by atomic mass is 9.81. The summed E-state index contributed by atoms with van der Waals surface area (Å²) in [7, 11) is 0. The molecular weight excluding hydrogens is 643 g/mol.